The molecule has 4 heteroatoms. The van der Waals surface area contributed by atoms with Crippen molar-refractivity contribution in [3.05, 3.63) is 0 Å². The third-order valence-corrected chi connectivity index (χ3v) is 3.10. The molecule has 0 bridgehead atoms. The van der Waals surface area contributed by atoms with Crippen LogP contribution in [0.2, 0.25) is 0 Å². The number of piperazine rings is 1. The van der Waals surface area contributed by atoms with Crippen LogP contribution in [-0.2, 0) is 9.59 Å². The van der Waals surface area contributed by atoms with Crippen molar-refractivity contribution in [1.82, 2.24) is 10.2 Å². The van der Waals surface area contributed by atoms with Gasteiger partial charge in [0.1, 0.15) is 6.04 Å². The second kappa shape index (κ2) is 5.87. The maximum atomic E-state index is 11.9. The van der Waals surface area contributed by atoms with E-state index in [0.717, 1.165) is 12.8 Å². The van der Waals surface area contributed by atoms with Crippen molar-refractivity contribution in [2.45, 2.75) is 58.5 Å². The number of carbonyl (C=O) groups is 2. The van der Waals surface area contributed by atoms with Crippen LogP contribution >= 0.6 is 0 Å². The van der Waals surface area contributed by atoms with E-state index in [1.54, 1.807) is 11.8 Å². The van der Waals surface area contributed by atoms with Gasteiger partial charge in [-0.15, -0.1) is 0 Å². The van der Waals surface area contributed by atoms with Gasteiger partial charge in [0, 0.05) is 6.04 Å². The maximum absolute atomic E-state index is 11.9. The molecule has 2 atom stereocenters. The van der Waals surface area contributed by atoms with Crippen molar-refractivity contribution >= 4 is 11.8 Å². The van der Waals surface area contributed by atoms with Crippen LogP contribution in [-0.4, -0.2) is 35.3 Å². The molecule has 0 saturated carbocycles. The number of amides is 2. The summed E-state index contributed by atoms with van der Waals surface area (Å²) in [5.74, 6) is -0.00181. The lowest BCUT2D eigenvalue weighted by Crippen LogP contribution is -2.59. The first-order valence-corrected chi connectivity index (χ1v) is 6.16. The summed E-state index contributed by atoms with van der Waals surface area (Å²) in [6.45, 7) is 6.15. The van der Waals surface area contributed by atoms with Crippen LogP contribution in [0.3, 0.4) is 0 Å². The highest BCUT2D eigenvalue weighted by atomic mass is 16.2. The van der Waals surface area contributed by atoms with Crippen molar-refractivity contribution in [2.75, 3.05) is 6.54 Å². The zero-order valence-corrected chi connectivity index (χ0v) is 10.5. The number of rotatable bonds is 5. The van der Waals surface area contributed by atoms with Gasteiger partial charge in [-0.25, -0.2) is 0 Å². The van der Waals surface area contributed by atoms with Gasteiger partial charge in [-0.05, 0) is 20.3 Å². The van der Waals surface area contributed by atoms with E-state index in [9.17, 15) is 9.59 Å². The summed E-state index contributed by atoms with van der Waals surface area (Å²) in [6, 6.07) is -0.192. The van der Waals surface area contributed by atoms with E-state index in [1.807, 2.05) is 6.92 Å². The van der Waals surface area contributed by atoms with Gasteiger partial charge in [-0.3, -0.25) is 9.59 Å². The minimum atomic E-state index is -0.366. The molecule has 1 saturated heterocycles. The molecule has 0 aliphatic carbocycles. The molecule has 4 nitrogen and oxygen atoms in total. The Morgan fingerprint density at radius 3 is 2.75 bits per heavy atom. The third-order valence-electron chi connectivity index (χ3n) is 3.10. The lowest BCUT2D eigenvalue weighted by Gasteiger charge is -2.35. The molecule has 1 heterocycles. The lowest BCUT2D eigenvalue weighted by atomic mass is 10.1. The Bertz CT molecular complexity index is 266. The molecule has 92 valence electrons. The molecule has 1 N–H and O–H groups in total. The smallest absolute Gasteiger partial charge is 0.245 e. The van der Waals surface area contributed by atoms with Gasteiger partial charge in [0.05, 0.1) is 6.54 Å². The highest BCUT2D eigenvalue weighted by molar-refractivity contribution is 5.94. The Labute approximate surface area is 97.4 Å². The van der Waals surface area contributed by atoms with Gasteiger partial charge in [0.15, 0.2) is 0 Å². The van der Waals surface area contributed by atoms with Crippen LogP contribution in [0, 0.1) is 0 Å². The van der Waals surface area contributed by atoms with Gasteiger partial charge in [-0.2, -0.15) is 0 Å². The van der Waals surface area contributed by atoms with E-state index in [-0.39, 0.29) is 30.4 Å². The van der Waals surface area contributed by atoms with E-state index < -0.39 is 0 Å². The summed E-state index contributed by atoms with van der Waals surface area (Å²) in [4.78, 5) is 24.9. The molecule has 2 unspecified atom stereocenters. The fourth-order valence-electron chi connectivity index (χ4n) is 2.05. The number of hydrogen-bond donors (Lipinski definition) is 1. The number of nitrogens with zero attached hydrogens (tertiary/aromatic N) is 1. The van der Waals surface area contributed by atoms with Crippen LogP contribution < -0.4 is 5.32 Å². The molecule has 1 rings (SSSR count). The van der Waals surface area contributed by atoms with Crippen LogP contribution in [0.5, 0.6) is 0 Å². The van der Waals surface area contributed by atoms with Crippen LogP contribution in [0.1, 0.15) is 46.5 Å². The Balaban J connectivity index is 2.49. The Morgan fingerprint density at radius 2 is 2.12 bits per heavy atom. The largest absolute Gasteiger partial charge is 0.343 e. The first kappa shape index (κ1) is 13.0. The van der Waals surface area contributed by atoms with Crippen molar-refractivity contribution in [3.63, 3.8) is 0 Å². The normalized spacial score (nSPS) is 23.2. The van der Waals surface area contributed by atoms with Crippen LogP contribution in [0.15, 0.2) is 0 Å². The van der Waals surface area contributed by atoms with Crippen molar-refractivity contribution in [3.8, 4) is 0 Å². The highest BCUT2D eigenvalue weighted by Gasteiger charge is 2.31. The van der Waals surface area contributed by atoms with Gasteiger partial charge in [0.25, 0.3) is 0 Å². The summed E-state index contributed by atoms with van der Waals surface area (Å²) in [6.07, 6.45) is 4.47. The second-order valence-corrected chi connectivity index (χ2v) is 4.60. The molecule has 0 aromatic heterocycles. The van der Waals surface area contributed by atoms with Crippen LogP contribution in [0.25, 0.3) is 0 Å². The molecule has 0 radical (unpaired) electrons. The molecule has 0 aromatic rings. The topological polar surface area (TPSA) is 49.4 Å². The number of hydrogen-bond acceptors (Lipinski definition) is 2. The van der Waals surface area contributed by atoms with Gasteiger partial charge < -0.3 is 10.2 Å². The number of carbonyl (C=O) groups excluding carboxylic acids is 2. The highest BCUT2D eigenvalue weighted by Crippen LogP contribution is 2.13. The SMILES string of the molecule is CCCCCC(C)N1CC(=O)NC(C)C1=O. The molecular formula is C12H22N2O2. The lowest BCUT2D eigenvalue weighted by molar-refractivity contribution is -0.145. The van der Waals surface area contributed by atoms with E-state index in [4.69, 9.17) is 0 Å². The number of nitrogens with one attached hydrogen (secondary N) is 1. The fourth-order valence-corrected chi connectivity index (χ4v) is 2.05. The summed E-state index contributed by atoms with van der Waals surface area (Å²) in [5, 5.41) is 2.65. The monoisotopic (exact) mass is 226 g/mol. The van der Waals surface area contributed by atoms with Crippen LogP contribution in [0.4, 0.5) is 0 Å². The van der Waals surface area contributed by atoms with E-state index in [1.165, 1.54) is 12.8 Å². The average molecular weight is 226 g/mol. The number of unbranched alkanes of at least 4 members (excludes halogenated alkanes) is 2. The van der Waals surface area contributed by atoms with Crippen molar-refractivity contribution in [2.24, 2.45) is 0 Å². The van der Waals surface area contributed by atoms with Crippen molar-refractivity contribution in [1.29, 1.82) is 0 Å². The minimum absolute atomic E-state index is 0.0450. The predicted molar refractivity (Wildman–Crippen MR) is 62.9 cm³/mol. The zero-order chi connectivity index (χ0) is 12.1. The molecule has 0 spiro atoms. The van der Waals surface area contributed by atoms with E-state index in [0.29, 0.717) is 0 Å². The first-order chi connectivity index (χ1) is 7.56. The van der Waals surface area contributed by atoms with Crippen molar-refractivity contribution < 1.29 is 9.59 Å². The molecule has 16 heavy (non-hydrogen) atoms. The van der Waals surface area contributed by atoms with E-state index in [2.05, 4.69) is 12.2 Å². The summed E-state index contributed by atoms with van der Waals surface area (Å²) in [7, 11) is 0. The second-order valence-electron chi connectivity index (χ2n) is 4.60. The molecule has 1 aliphatic rings. The zero-order valence-electron chi connectivity index (χ0n) is 10.5. The predicted octanol–water partition coefficient (Wildman–Crippen LogP) is 1.30. The van der Waals surface area contributed by atoms with Gasteiger partial charge in [0.2, 0.25) is 11.8 Å². The molecule has 2 amide bonds. The Morgan fingerprint density at radius 1 is 1.44 bits per heavy atom. The maximum Gasteiger partial charge on any atom is 0.245 e. The molecular weight excluding hydrogens is 204 g/mol. The Hall–Kier alpha value is -1.06. The van der Waals surface area contributed by atoms with Gasteiger partial charge in [-0.1, -0.05) is 26.2 Å². The fraction of sp³-hybridized carbons (Fsp3) is 0.833. The average Bonchev–Trinajstić information content (AvgIpc) is 2.23. The summed E-state index contributed by atoms with van der Waals surface area (Å²) < 4.78 is 0. The Kier molecular flexibility index (Phi) is 4.77. The quantitative estimate of drug-likeness (QED) is 0.718. The summed E-state index contributed by atoms with van der Waals surface area (Å²) in [5.41, 5.74) is 0. The standard InChI is InChI=1S/C12H22N2O2/c1-4-5-6-7-9(2)14-8-11(15)13-10(3)12(14)16/h9-10H,4-8H2,1-3H3,(H,13,15). The first-order valence-electron chi connectivity index (χ1n) is 6.16. The molecule has 1 aliphatic heterocycles. The molecule has 1 fully saturated rings. The van der Waals surface area contributed by atoms with E-state index >= 15 is 0 Å². The minimum Gasteiger partial charge on any atom is -0.343 e. The third kappa shape index (κ3) is 3.22. The summed E-state index contributed by atoms with van der Waals surface area (Å²) >= 11 is 0. The molecule has 0 aromatic carbocycles. The van der Waals surface area contributed by atoms with Gasteiger partial charge >= 0.3 is 0 Å².